The summed E-state index contributed by atoms with van der Waals surface area (Å²) in [7, 11) is 1.39. The highest BCUT2D eigenvalue weighted by atomic mass is 32.2. The first-order chi connectivity index (χ1) is 28.6. The number of hydrogen-bond acceptors (Lipinski definition) is 16. The first kappa shape index (κ1) is 48.4. The van der Waals surface area contributed by atoms with Crippen LogP contribution in [0.2, 0.25) is 0 Å². The van der Waals surface area contributed by atoms with Crippen molar-refractivity contribution in [3.63, 3.8) is 0 Å². The molecule has 0 radical (unpaired) electrons. The van der Waals surface area contributed by atoms with Crippen LogP contribution in [0.25, 0.3) is 0 Å². The Labute approximate surface area is 357 Å². The maximum Gasteiger partial charge on any atom is 0.312 e. The van der Waals surface area contributed by atoms with Gasteiger partial charge in [-0.25, -0.2) is 0 Å². The number of phenols is 1. The number of allylic oxidation sites excluding steroid dienone is 4. The number of fused-ring (bicyclic) bond motifs is 14. The smallest absolute Gasteiger partial charge is 0.312 e. The summed E-state index contributed by atoms with van der Waals surface area (Å²) in [6, 6.07) is 0. The van der Waals surface area contributed by atoms with Crippen LogP contribution in [0.15, 0.2) is 46.7 Å². The molecule has 0 saturated heterocycles. The number of ether oxygens (including phenoxy) is 5. The Balaban J connectivity index is 1.86. The van der Waals surface area contributed by atoms with E-state index in [1.165, 1.54) is 53.0 Å². The number of amides is 1. The third-order valence-corrected chi connectivity index (χ3v) is 12.1. The zero-order valence-corrected chi connectivity index (χ0v) is 36.2. The van der Waals surface area contributed by atoms with Crippen molar-refractivity contribution in [2.24, 2.45) is 23.7 Å². The summed E-state index contributed by atoms with van der Waals surface area (Å²) in [6.45, 7) is 11.7. The van der Waals surface area contributed by atoms with E-state index in [0.717, 1.165) is 18.0 Å². The van der Waals surface area contributed by atoms with E-state index in [0.29, 0.717) is 0 Å². The molecular weight excluding hydrogens is 819 g/mol. The number of carbonyl (C=O) groups excluding carboxylic acids is 6. The number of Topliss-reactive ketones (excluding diaryl/α,β-unsaturated/α-hetero) is 3. The molecule has 5 N–H and O–H groups in total. The number of ketones is 3. The number of hydrogen-bond donors (Lipinski definition) is 5. The van der Waals surface area contributed by atoms with Crippen LogP contribution < -0.4 is 10.1 Å². The number of phenolic OH excluding ortho intramolecular Hbond substituents is 1. The average molecular weight is 872 g/mol. The van der Waals surface area contributed by atoms with E-state index in [4.69, 9.17) is 28.8 Å². The van der Waals surface area contributed by atoms with Crippen molar-refractivity contribution in [1.29, 1.82) is 0 Å². The summed E-state index contributed by atoms with van der Waals surface area (Å²) in [5, 5.41) is 45.6. The molecule has 5 rings (SSSR count). The minimum Gasteiger partial charge on any atom is -0.507 e. The molecule has 0 spiro atoms. The van der Waals surface area contributed by atoms with Crippen molar-refractivity contribution < 1.29 is 77.7 Å². The van der Waals surface area contributed by atoms with Gasteiger partial charge in [-0.3, -0.25) is 33.6 Å². The zero-order chi connectivity index (χ0) is 45.7. The van der Waals surface area contributed by atoms with Gasteiger partial charge in [0.05, 0.1) is 59.0 Å². The molecule has 61 heavy (non-hydrogen) atoms. The van der Waals surface area contributed by atoms with Crippen molar-refractivity contribution >= 4 is 52.9 Å². The Morgan fingerprint density at radius 3 is 2.21 bits per heavy atom. The van der Waals surface area contributed by atoms with Crippen LogP contribution in [-0.2, 0) is 38.1 Å². The Kier molecular flexibility index (Phi) is 15.9. The number of aliphatic carboxylic acids is 1. The lowest BCUT2D eigenvalue weighted by molar-refractivity contribution is -0.160. The van der Waals surface area contributed by atoms with Crippen molar-refractivity contribution in [3.05, 3.63) is 69.0 Å². The van der Waals surface area contributed by atoms with E-state index < -0.39 is 130 Å². The number of esters is 2. The van der Waals surface area contributed by atoms with Gasteiger partial charge in [-0.2, -0.15) is 0 Å². The molecule has 4 aliphatic rings. The largest absolute Gasteiger partial charge is 0.507 e. The van der Waals surface area contributed by atoms with E-state index in [9.17, 15) is 48.9 Å². The molecule has 5 bridgehead atoms. The summed E-state index contributed by atoms with van der Waals surface area (Å²) >= 11 is 0.717. The molecule has 17 nitrogen and oxygen atoms in total. The fraction of sp³-hybridized carbons (Fsp3) is 0.512. The molecule has 9 atom stereocenters. The Morgan fingerprint density at radius 2 is 1.59 bits per heavy atom. The van der Waals surface area contributed by atoms with Gasteiger partial charge in [0.2, 0.25) is 11.6 Å². The molecule has 3 aliphatic heterocycles. The van der Waals surface area contributed by atoms with Gasteiger partial charge < -0.3 is 49.4 Å². The monoisotopic (exact) mass is 871 g/mol. The second-order valence-corrected chi connectivity index (χ2v) is 16.6. The van der Waals surface area contributed by atoms with Gasteiger partial charge in [-0.1, -0.05) is 45.9 Å². The van der Waals surface area contributed by atoms with Crippen molar-refractivity contribution in [3.8, 4) is 11.5 Å². The lowest BCUT2D eigenvalue weighted by Gasteiger charge is -2.38. The number of methoxy groups -OCH3 is 1. The second kappa shape index (κ2) is 20.0. The summed E-state index contributed by atoms with van der Waals surface area (Å²) in [5.41, 5.74) is -1.98. The molecule has 1 aromatic rings. The number of carboxylic acid groups (broad SMARTS) is 1. The van der Waals surface area contributed by atoms with Gasteiger partial charge in [0.1, 0.15) is 29.9 Å². The van der Waals surface area contributed by atoms with E-state index in [2.05, 4.69) is 5.32 Å². The topological polar surface area (TPSA) is 259 Å². The third kappa shape index (κ3) is 10.4. The zero-order valence-electron chi connectivity index (χ0n) is 35.4. The van der Waals surface area contributed by atoms with Gasteiger partial charge in [0.15, 0.2) is 0 Å². The number of benzene rings is 1. The number of aromatic hydroxyl groups is 1. The Morgan fingerprint density at radius 1 is 0.918 bits per heavy atom. The molecule has 0 unspecified atom stereocenters. The minimum atomic E-state index is -2.16. The second-order valence-electron chi connectivity index (χ2n) is 15.5. The molecule has 3 heterocycles. The van der Waals surface area contributed by atoms with E-state index in [1.807, 2.05) is 0 Å². The number of carbonyl (C=O) groups is 7. The third-order valence-electron chi connectivity index (χ3n) is 11.0. The van der Waals surface area contributed by atoms with Crippen molar-refractivity contribution in [1.82, 2.24) is 5.32 Å². The van der Waals surface area contributed by atoms with Gasteiger partial charge >= 0.3 is 23.7 Å². The fourth-order valence-electron chi connectivity index (χ4n) is 7.38. The standard InChI is InChI=1S/C43H53NO16S/c1-19-11-10-12-20(2)42(55)44-32-36(52)30-29(37(53)40(32)61-18-17-57-28(48)14-13-27(46)47)31-39(24(6)35(30)51)60-43(8,41(31)54)58-16-15-26(56-9)21(3)38(59-25(7)45)23(5)34(50)22(4)33(19)49/h10-12,15-16,19,21-23,26,33-34,38,49-51H,13-14,17-18H2,1-9H3,(H,44,55)(H,46,47)/b11-10+,16-15+,20-12-/t19-,21-,22-,23-,26+,33+,34+,38-,43+/m1/s1. The van der Waals surface area contributed by atoms with Gasteiger partial charge in [0, 0.05) is 61.5 Å². The summed E-state index contributed by atoms with van der Waals surface area (Å²) in [4.78, 5) is 91.8. The number of aliphatic hydroxyl groups is 2. The molecule has 0 aromatic heterocycles. The maximum absolute atomic E-state index is 14.5. The van der Waals surface area contributed by atoms with Crippen molar-refractivity contribution in [2.45, 2.75) is 98.4 Å². The molecule has 332 valence electrons. The molecule has 1 aliphatic carbocycles. The van der Waals surface area contributed by atoms with E-state index in [-0.39, 0.29) is 39.7 Å². The van der Waals surface area contributed by atoms with Crippen LogP contribution >= 0.6 is 11.8 Å². The van der Waals surface area contributed by atoms with Crippen LogP contribution in [0.3, 0.4) is 0 Å². The number of thioether (sulfide) groups is 1. The maximum atomic E-state index is 14.5. The number of rotatable bonds is 9. The SMILES string of the molecule is CO[C@H]1/C=C/O[C@@]2(C)Oc3c(C)c(O)c4c(c3C2=O)C(=O)C(SCCOC(=O)CCC(=O)O)=C(NC(=O)/C(C)=C\C=C\[C@@H](C)[C@H](O)[C@@H](C)[C@H](O)[C@@H](C)[C@H](OC(C)=O)[C@@H]1C)C4=O. The lowest BCUT2D eigenvalue weighted by Crippen LogP contribution is -2.46. The molecule has 18 heteroatoms. The predicted molar refractivity (Wildman–Crippen MR) is 218 cm³/mol. The molecular formula is C43H53NO16S. The molecule has 1 amide bonds. The first-order valence-electron chi connectivity index (χ1n) is 19.6. The highest BCUT2D eigenvalue weighted by molar-refractivity contribution is 8.04. The summed E-state index contributed by atoms with van der Waals surface area (Å²) in [6.07, 6.45) is 2.08. The van der Waals surface area contributed by atoms with Crippen LogP contribution in [0, 0.1) is 30.6 Å². The minimum absolute atomic E-state index is 0.0502. The first-order valence-corrected chi connectivity index (χ1v) is 20.6. The van der Waals surface area contributed by atoms with Crippen LogP contribution in [0.4, 0.5) is 0 Å². The highest BCUT2D eigenvalue weighted by Gasteiger charge is 2.53. The van der Waals surface area contributed by atoms with Gasteiger partial charge in [-0.15, -0.1) is 11.8 Å². The summed E-state index contributed by atoms with van der Waals surface area (Å²) in [5.74, 6) is -12.2. The van der Waals surface area contributed by atoms with Gasteiger partial charge in [0.25, 0.3) is 11.7 Å². The predicted octanol–water partition coefficient (Wildman–Crippen LogP) is 4.10. The van der Waals surface area contributed by atoms with E-state index >= 15 is 0 Å². The van der Waals surface area contributed by atoms with Crippen LogP contribution in [-0.4, -0.2) is 111 Å². The number of aliphatic hydroxyl groups excluding tert-OH is 2. The summed E-state index contributed by atoms with van der Waals surface area (Å²) < 4.78 is 28.4. The Hall–Kier alpha value is -5.30. The average Bonchev–Trinajstić information content (AvgIpc) is 3.47. The van der Waals surface area contributed by atoms with Gasteiger partial charge in [-0.05, 0) is 19.9 Å². The fourth-order valence-corrected chi connectivity index (χ4v) is 8.27. The van der Waals surface area contributed by atoms with Crippen LogP contribution in [0.5, 0.6) is 11.5 Å². The van der Waals surface area contributed by atoms with Crippen molar-refractivity contribution in [2.75, 3.05) is 19.5 Å². The van der Waals surface area contributed by atoms with E-state index in [1.54, 1.807) is 33.8 Å². The molecule has 0 saturated carbocycles. The van der Waals surface area contributed by atoms with Crippen LogP contribution in [0.1, 0.15) is 97.9 Å². The lowest BCUT2D eigenvalue weighted by atomic mass is 9.78. The normalized spacial score (nSPS) is 30.4. The number of carboxylic acids is 1. The Bertz CT molecular complexity index is 2090. The molecule has 0 fully saturated rings. The number of nitrogens with one attached hydrogen (secondary N) is 1. The quantitative estimate of drug-likeness (QED) is 0.173. The highest BCUT2D eigenvalue weighted by Crippen LogP contribution is 2.49. The molecule has 1 aromatic carbocycles.